The van der Waals surface area contributed by atoms with Crippen molar-refractivity contribution in [2.45, 2.75) is 183 Å². The zero-order valence-electron chi connectivity index (χ0n) is 85.5. The van der Waals surface area contributed by atoms with Crippen LogP contribution < -0.4 is 40.3 Å². The van der Waals surface area contributed by atoms with Gasteiger partial charge in [-0.1, -0.05) is 239 Å². The first-order valence-corrected chi connectivity index (χ1v) is 54.2. The van der Waals surface area contributed by atoms with E-state index in [1.807, 2.05) is 122 Å². The van der Waals surface area contributed by atoms with Crippen molar-refractivity contribution in [1.29, 1.82) is 0 Å². The topological polar surface area (TPSA) is 117 Å². The minimum atomic E-state index is -2.16. The first-order valence-electron chi connectivity index (χ1n) is 48.2. The second-order valence-corrected chi connectivity index (χ2v) is 52.3. The van der Waals surface area contributed by atoms with Gasteiger partial charge in [-0.2, -0.15) is 45.8 Å². The molecule has 20 rings (SSSR count). The monoisotopic (exact) mass is 2470 g/mol. The molecular weight excluding hydrogens is 2350 g/mol. The average Bonchev–Trinajstić information content (AvgIpc) is 1.71. The summed E-state index contributed by atoms with van der Waals surface area (Å²) in [5, 5.41) is 10.5. The quantitative estimate of drug-likeness (QED) is 0.0644. The Morgan fingerprint density at radius 2 is 0.528 bits per heavy atom. The van der Waals surface area contributed by atoms with Crippen molar-refractivity contribution >= 4 is 137 Å². The van der Waals surface area contributed by atoms with Gasteiger partial charge in [0.25, 0.3) is 0 Å². The van der Waals surface area contributed by atoms with E-state index in [4.69, 9.17) is 29.4 Å². The van der Waals surface area contributed by atoms with Gasteiger partial charge < -0.3 is 33.0 Å². The summed E-state index contributed by atoms with van der Waals surface area (Å²) in [4.78, 5) is 32.8. The fraction of sp³-hybridized carbons (Fsp3) is 0.226. The number of para-hydroxylation sites is 3. The fourth-order valence-corrected chi connectivity index (χ4v) is 22.3. The predicted molar refractivity (Wildman–Crippen MR) is 583 cm³/mol. The number of pyridine rings is 6. The summed E-state index contributed by atoms with van der Waals surface area (Å²) in [6, 6.07) is 117. The van der Waals surface area contributed by atoms with Gasteiger partial charge in [0.05, 0.1) is 0 Å². The van der Waals surface area contributed by atoms with Crippen LogP contribution in [0.15, 0.2) is 322 Å². The van der Waals surface area contributed by atoms with Crippen molar-refractivity contribution in [3.63, 3.8) is 0 Å². The van der Waals surface area contributed by atoms with E-state index in [2.05, 4.69) is 372 Å². The number of aromatic nitrogens is 9. The Labute approximate surface area is 891 Å². The zero-order valence-corrected chi connectivity index (χ0v) is 94.4. The van der Waals surface area contributed by atoms with Gasteiger partial charge in [-0.25, -0.2) is 39.5 Å². The van der Waals surface area contributed by atoms with Crippen LogP contribution in [0.3, 0.4) is 0 Å². The van der Waals surface area contributed by atoms with Gasteiger partial charge in [-0.05, 0) is 223 Å². The molecule has 0 aliphatic rings. The van der Waals surface area contributed by atoms with E-state index in [1.165, 1.54) is 67.5 Å². The smallest absolute Gasteiger partial charge is 0.460 e. The van der Waals surface area contributed by atoms with Crippen molar-refractivity contribution < 1.29 is 81.5 Å². The average molecular weight is 2470 g/mol. The maximum atomic E-state index is 14.2. The van der Waals surface area contributed by atoms with Gasteiger partial charge in [-0.3, -0.25) is 9.97 Å². The molecule has 9 aromatic heterocycles. The number of ether oxygens (including phenoxy) is 2. The van der Waals surface area contributed by atoms with E-state index in [1.54, 1.807) is 24.5 Å². The fourth-order valence-electron chi connectivity index (χ4n) is 18.0. The Bertz CT molecular complexity index is 7630. The van der Waals surface area contributed by atoms with Gasteiger partial charge in [0, 0.05) is 99.9 Å². The summed E-state index contributed by atoms with van der Waals surface area (Å²) in [5.74, 6) is 3.08. The van der Waals surface area contributed by atoms with Crippen molar-refractivity contribution in [2.24, 2.45) is 0 Å². The van der Waals surface area contributed by atoms with E-state index in [0.29, 0.717) is 23.3 Å². The van der Waals surface area contributed by atoms with Gasteiger partial charge in [-0.15, -0.1) is 95.3 Å². The van der Waals surface area contributed by atoms with Crippen LogP contribution in [0.2, 0.25) is 26.2 Å². The third-order valence-corrected chi connectivity index (χ3v) is 32.9. The van der Waals surface area contributed by atoms with E-state index in [0.717, 1.165) is 128 Å². The van der Waals surface area contributed by atoms with Crippen LogP contribution in [0.1, 0.15) is 158 Å². The zero-order chi connectivity index (χ0) is 99.6. The molecule has 0 saturated carbocycles. The van der Waals surface area contributed by atoms with Gasteiger partial charge in [0.15, 0.2) is 0 Å². The first kappa shape index (κ1) is 106. The van der Waals surface area contributed by atoms with Crippen molar-refractivity contribution in [3.05, 3.63) is 404 Å². The van der Waals surface area contributed by atoms with Crippen molar-refractivity contribution in [1.82, 2.24) is 43.6 Å². The number of hydrogen-bond acceptors (Lipinski definition) is 10. The third kappa shape index (κ3) is 22.2. The Hall–Kier alpha value is -12.7. The maximum Gasteiger partial charge on any atom is 2.00 e. The largest absolute Gasteiger partial charge is 2.00 e. The summed E-state index contributed by atoms with van der Waals surface area (Å²) >= 11 is 0. The molecule has 0 unspecified atom stereocenters. The normalized spacial score (nSPS) is 12.1. The van der Waals surface area contributed by atoms with E-state index in [-0.39, 0.29) is 107 Å². The molecule has 0 bridgehead atoms. The second kappa shape index (κ2) is 41.8. The van der Waals surface area contributed by atoms with Crippen LogP contribution in [0.5, 0.6) is 23.3 Å². The van der Waals surface area contributed by atoms with Crippen LogP contribution in [-0.2, 0) is 95.7 Å². The Balaban J connectivity index is 0.000000162. The summed E-state index contributed by atoms with van der Waals surface area (Å²) in [6.45, 7) is 49.4. The van der Waals surface area contributed by atoms with Gasteiger partial charge in [0.2, 0.25) is 11.8 Å². The molecule has 0 aliphatic carbocycles. The Morgan fingerprint density at radius 3 is 0.854 bits per heavy atom. The number of anilines is 6. The number of benzene rings is 11. The molecule has 0 spiro atoms. The standard InChI is InChI=1S/C48H42FN5.C40H45N3Si2.C36H32FN3O2.3Pt/c1-47(2,3)33-25-27-50-45(29-33)52(36-13-9-7-10-14-36)39-21-23-43-41(31-39)42-32-40(22-24-44(42)54(43)38-19-17-35(49)18-20-38)53(37-15-11-8-12-16-37)46-30-34(26-28-51-46)48(4,5)6;1-39(2,3)28-20-22-41-37(24-28)44(7,8)31-16-18-35-33(26-31)34-27-32(17-19-36(34)43(35)30-14-12-11-13-15-30)45(9,10)38-25-29(21-23-42-38)40(4,5)6;1-35(2,3)23-15-17-38-33(19-23)41-27-11-13-31-29(21-27)30-22-28(42-34-20-24(16-18-39-34)36(4,5)6)12-14-32(30)40(31)26-9-7-25(37)8-10-26;;;/h7-30H,1-6H3;11-25H,1-10H3;7-20H,1-6H3;;;/q3*-2;3*+2. The summed E-state index contributed by atoms with van der Waals surface area (Å²) in [7, 11) is -4.32. The Morgan fingerprint density at radius 1 is 0.264 bits per heavy atom. The summed E-state index contributed by atoms with van der Waals surface area (Å²) in [6.07, 6.45) is 11.3. The third-order valence-electron chi connectivity index (χ3n) is 26.5. The molecule has 0 saturated heterocycles. The van der Waals surface area contributed by atoms with Gasteiger partial charge >= 0.3 is 63.2 Å². The summed E-state index contributed by atoms with van der Waals surface area (Å²) in [5.41, 5.74) is 19.6. The summed E-state index contributed by atoms with van der Waals surface area (Å²) < 4.78 is 47.0. The van der Waals surface area contributed by atoms with Crippen molar-refractivity contribution in [2.75, 3.05) is 9.80 Å². The number of nitrogens with zero attached hydrogens (tertiary/aromatic N) is 11. The van der Waals surface area contributed by atoms with Crippen LogP contribution in [0.4, 0.5) is 43.2 Å². The number of hydrogen-bond donors (Lipinski definition) is 0. The first-order chi connectivity index (χ1) is 67.0. The van der Waals surface area contributed by atoms with Crippen LogP contribution in [0.25, 0.3) is 82.5 Å². The molecule has 13 nitrogen and oxygen atoms in total. The van der Waals surface area contributed by atoms with Crippen LogP contribution in [-0.4, -0.2) is 59.8 Å². The van der Waals surface area contributed by atoms with Crippen LogP contribution in [0, 0.1) is 48.0 Å². The van der Waals surface area contributed by atoms with Gasteiger partial charge in [0.1, 0.15) is 39.4 Å². The maximum absolute atomic E-state index is 14.2. The molecular formula is C124H119F2N11O2Pt3Si2. The molecule has 20 aromatic rings. The molecule has 0 N–H and O–H groups in total. The molecule has 144 heavy (non-hydrogen) atoms. The number of halogens is 2. The van der Waals surface area contributed by atoms with Crippen molar-refractivity contribution in [3.8, 4) is 40.3 Å². The van der Waals surface area contributed by atoms with E-state index >= 15 is 0 Å². The molecule has 9 heterocycles. The van der Waals surface area contributed by atoms with E-state index < -0.39 is 16.1 Å². The molecule has 20 heteroatoms. The number of fused-ring (bicyclic) bond motifs is 9. The molecule has 0 atom stereocenters. The molecule has 0 radical (unpaired) electrons. The predicted octanol–water partition coefficient (Wildman–Crippen LogP) is 29.7. The molecule has 0 fully saturated rings. The molecule has 11 aromatic carbocycles. The molecule has 0 amide bonds. The van der Waals surface area contributed by atoms with Crippen LogP contribution >= 0.6 is 0 Å². The SMILES string of the molecule is CC(C)(C)c1ccnc(N(c2[c-]c3c4[c-]c(N(c5ccccc5)c5cc(C(C)(C)C)ccn5)ccc4n(-c4ccc(F)cc4)c3cc2)c2ccccc2)c1.CC(C)(C)c1ccnc(Oc2[c-]c3c4[c-]c(Oc5cc(C(C)(C)C)ccn5)ccc4n(-c4ccc(F)cc4)c3cc2)c1.CC(C)(C)c1ccnc([Si](C)(C)c2[c-]c3c4[c-]c([Si](C)(C)c5cc(C(C)(C)C)ccn5)ccc4n(-c4ccccc4)c3cc2)c1.[Pt+2].[Pt+2].[Pt+2]. The second-order valence-electron chi connectivity index (χ2n) is 43.7. The minimum Gasteiger partial charge on any atom is -0.460 e. The number of rotatable bonds is 17. The van der Waals surface area contributed by atoms with E-state index in [9.17, 15) is 8.78 Å². The minimum absolute atomic E-state index is 0. The molecule has 0 aliphatic heterocycles. The Kier molecular flexibility index (Phi) is 30.6. The molecule has 734 valence electrons.